The van der Waals surface area contributed by atoms with E-state index in [2.05, 4.69) is 10.2 Å². The number of thiophene rings is 1. The third-order valence-electron chi connectivity index (χ3n) is 3.43. The van der Waals surface area contributed by atoms with Crippen molar-refractivity contribution in [2.24, 2.45) is 0 Å². The quantitative estimate of drug-likeness (QED) is 0.581. The first kappa shape index (κ1) is 17.7. The molecule has 0 N–H and O–H groups in total. The molecular formula is C17H16N2O6S. The molecule has 0 atom stereocenters. The van der Waals surface area contributed by atoms with Crippen LogP contribution in [-0.4, -0.2) is 37.5 Å². The van der Waals surface area contributed by atoms with E-state index in [4.69, 9.17) is 23.4 Å². The first-order valence-corrected chi connectivity index (χ1v) is 8.37. The van der Waals surface area contributed by atoms with Gasteiger partial charge in [-0.15, -0.1) is 21.5 Å². The number of carbonyl (C=O) groups is 1. The Morgan fingerprint density at radius 2 is 1.85 bits per heavy atom. The SMILES string of the molecule is COc1cc(-c2nnc(COC(=O)c3cccs3)o2)cc(OC)c1OC. The molecule has 0 aliphatic rings. The Morgan fingerprint density at radius 3 is 2.42 bits per heavy atom. The van der Waals surface area contributed by atoms with Crippen LogP contribution in [0.4, 0.5) is 0 Å². The van der Waals surface area contributed by atoms with Crippen molar-refractivity contribution in [1.29, 1.82) is 0 Å². The second kappa shape index (κ2) is 7.87. The summed E-state index contributed by atoms with van der Waals surface area (Å²) < 4.78 is 26.6. The number of hydrogen-bond donors (Lipinski definition) is 0. The lowest BCUT2D eigenvalue weighted by Crippen LogP contribution is -2.03. The van der Waals surface area contributed by atoms with Crippen LogP contribution in [0, 0.1) is 0 Å². The van der Waals surface area contributed by atoms with Gasteiger partial charge >= 0.3 is 5.97 Å². The predicted molar refractivity (Wildman–Crippen MR) is 92.8 cm³/mol. The molecule has 2 aromatic heterocycles. The summed E-state index contributed by atoms with van der Waals surface area (Å²) in [5.74, 6) is 1.37. The Kier molecular flexibility index (Phi) is 5.37. The average Bonchev–Trinajstić information content (AvgIpc) is 3.36. The van der Waals surface area contributed by atoms with E-state index in [1.54, 1.807) is 29.6 Å². The van der Waals surface area contributed by atoms with Gasteiger partial charge in [0.2, 0.25) is 11.6 Å². The van der Waals surface area contributed by atoms with Gasteiger partial charge in [-0.3, -0.25) is 0 Å². The van der Waals surface area contributed by atoms with E-state index in [-0.39, 0.29) is 18.4 Å². The Bertz CT molecular complexity index is 866. The highest BCUT2D eigenvalue weighted by Gasteiger charge is 2.18. The standard InChI is InChI=1S/C17H16N2O6S/c1-21-11-7-10(8-12(22-2)15(11)23-3)16-19-18-14(25-16)9-24-17(20)13-5-4-6-26-13/h4-8H,9H2,1-3H3. The molecule has 3 aromatic rings. The van der Waals surface area contributed by atoms with Crippen molar-refractivity contribution < 1.29 is 28.2 Å². The minimum absolute atomic E-state index is 0.117. The molecule has 26 heavy (non-hydrogen) atoms. The maximum Gasteiger partial charge on any atom is 0.348 e. The Hall–Kier alpha value is -3.07. The van der Waals surface area contributed by atoms with Gasteiger partial charge in [-0.25, -0.2) is 4.79 Å². The summed E-state index contributed by atoms with van der Waals surface area (Å²) in [5, 5.41) is 9.67. The number of ether oxygens (including phenoxy) is 4. The van der Waals surface area contributed by atoms with Gasteiger partial charge in [0.15, 0.2) is 18.1 Å². The Morgan fingerprint density at radius 1 is 1.12 bits per heavy atom. The molecule has 0 unspecified atom stereocenters. The first-order valence-electron chi connectivity index (χ1n) is 7.49. The largest absolute Gasteiger partial charge is 0.493 e. The van der Waals surface area contributed by atoms with Crippen molar-refractivity contribution in [3.63, 3.8) is 0 Å². The highest BCUT2D eigenvalue weighted by Crippen LogP contribution is 2.40. The number of methoxy groups -OCH3 is 3. The molecule has 2 heterocycles. The fourth-order valence-electron chi connectivity index (χ4n) is 2.23. The third-order valence-corrected chi connectivity index (χ3v) is 4.28. The van der Waals surface area contributed by atoms with Gasteiger partial charge in [-0.1, -0.05) is 6.07 Å². The number of benzene rings is 1. The predicted octanol–water partition coefficient (Wildman–Crippen LogP) is 3.18. The first-order chi connectivity index (χ1) is 12.7. The van der Waals surface area contributed by atoms with Crippen LogP contribution in [0.5, 0.6) is 17.2 Å². The van der Waals surface area contributed by atoms with E-state index in [0.717, 1.165) is 0 Å². The molecule has 3 rings (SSSR count). The van der Waals surface area contributed by atoms with Crippen LogP contribution in [0.15, 0.2) is 34.1 Å². The van der Waals surface area contributed by atoms with Crippen molar-refractivity contribution >= 4 is 17.3 Å². The Labute approximate surface area is 153 Å². The zero-order valence-corrected chi connectivity index (χ0v) is 15.2. The average molecular weight is 376 g/mol. The second-order valence-corrected chi connectivity index (χ2v) is 5.92. The lowest BCUT2D eigenvalue weighted by Gasteiger charge is -2.12. The summed E-state index contributed by atoms with van der Waals surface area (Å²) in [6.07, 6.45) is 0. The van der Waals surface area contributed by atoms with E-state index < -0.39 is 5.97 Å². The molecule has 136 valence electrons. The number of rotatable bonds is 7. The van der Waals surface area contributed by atoms with Crippen LogP contribution in [0.2, 0.25) is 0 Å². The summed E-state index contributed by atoms with van der Waals surface area (Å²) in [4.78, 5) is 12.4. The van der Waals surface area contributed by atoms with E-state index >= 15 is 0 Å². The topological polar surface area (TPSA) is 92.9 Å². The maximum absolute atomic E-state index is 11.8. The number of nitrogens with zero attached hydrogens (tertiary/aromatic N) is 2. The van der Waals surface area contributed by atoms with Gasteiger partial charge in [-0.05, 0) is 23.6 Å². The van der Waals surface area contributed by atoms with Crippen LogP contribution in [0.1, 0.15) is 15.6 Å². The van der Waals surface area contributed by atoms with Gasteiger partial charge in [0.25, 0.3) is 5.89 Å². The maximum atomic E-state index is 11.8. The molecule has 1 aromatic carbocycles. The van der Waals surface area contributed by atoms with Gasteiger partial charge in [0, 0.05) is 5.56 Å². The van der Waals surface area contributed by atoms with Gasteiger partial charge < -0.3 is 23.4 Å². The van der Waals surface area contributed by atoms with E-state index in [9.17, 15) is 4.79 Å². The number of aromatic nitrogens is 2. The lowest BCUT2D eigenvalue weighted by molar-refractivity contribution is 0.0444. The number of carbonyl (C=O) groups excluding carboxylic acids is 1. The molecule has 0 aliphatic heterocycles. The van der Waals surface area contributed by atoms with Crippen LogP contribution in [-0.2, 0) is 11.3 Å². The van der Waals surface area contributed by atoms with Crippen molar-refractivity contribution in [2.75, 3.05) is 21.3 Å². The van der Waals surface area contributed by atoms with Crippen molar-refractivity contribution in [3.8, 4) is 28.7 Å². The molecule has 0 amide bonds. The summed E-state index contributed by atoms with van der Waals surface area (Å²) in [6.45, 7) is -0.117. The van der Waals surface area contributed by atoms with E-state index in [1.165, 1.54) is 32.7 Å². The van der Waals surface area contributed by atoms with Crippen LogP contribution in [0.25, 0.3) is 11.5 Å². The van der Waals surface area contributed by atoms with Gasteiger partial charge in [0.05, 0.1) is 21.3 Å². The van der Waals surface area contributed by atoms with Crippen LogP contribution < -0.4 is 14.2 Å². The minimum atomic E-state index is -0.437. The van der Waals surface area contributed by atoms with Crippen LogP contribution in [0.3, 0.4) is 0 Å². The number of hydrogen-bond acceptors (Lipinski definition) is 9. The summed E-state index contributed by atoms with van der Waals surface area (Å²) in [6, 6.07) is 6.84. The van der Waals surface area contributed by atoms with Gasteiger partial charge in [0.1, 0.15) is 4.88 Å². The highest BCUT2D eigenvalue weighted by molar-refractivity contribution is 7.11. The van der Waals surface area contributed by atoms with E-state index in [1.807, 2.05) is 0 Å². The molecule has 0 aliphatic carbocycles. The molecule has 0 bridgehead atoms. The molecule has 0 saturated heterocycles. The second-order valence-electron chi connectivity index (χ2n) is 4.97. The fraction of sp³-hybridized carbons (Fsp3) is 0.235. The molecule has 0 spiro atoms. The molecule has 0 saturated carbocycles. The fourth-order valence-corrected chi connectivity index (χ4v) is 2.84. The molecule has 0 radical (unpaired) electrons. The summed E-state index contributed by atoms with van der Waals surface area (Å²) >= 11 is 1.30. The minimum Gasteiger partial charge on any atom is -0.493 e. The van der Waals surface area contributed by atoms with Crippen molar-refractivity contribution in [1.82, 2.24) is 10.2 Å². The van der Waals surface area contributed by atoms with Gasteiger partial charge in [-0.2, -0.15) is 0 Å². The molecular weight excluding hydrogens is 360 g/mol. The monoisotopic (exact) mass is 376 g/mol. The smallest absolute Gasteiger partial charge is 0.348 e. The lowest BCUT2D eigenvalue weighted by atomic mass is 10.2. The van der Waals surface area contributed by atoms with E-state index in [0.29, 0.717) is 27.7 Å². The zero-order chi connectivity index (χ0) is 18.5. The zero-order valence-electron chi connectivity index (χ0n) is 14.3. The van der Waals surface area contributed by atoms with Crippen LogP contribution >= 0.6 is 11.3 Å². The van der Waals surface area contributed by atoms with Crippen molar-refractivity contribution in [2.45, 2.75) is 6.61 Å². The van der Waals surface area contributed by atoms with Crippen molar-refractivity contribution in [3.05, 3.63) is 40.4 Å². The molecule has 0 fully saturated rings. The normalized spacial score (nSPS) is 10.4. The highest BCUT2D eigenvalue weighted by atomic mass is 32.1. The summed E-state index contributed by atoms with van der Waals surface area (Å²) in [7, 11) is 4.56. The molecule has 9 heteroatoms. The number of esters is 1. The molecule has 8 nitrogen and oxygen atoms in total. The third kappa shape index (κ3) is 3.62. The summed E-state index contributed by atoms with van der Waals surface area (Å²) in [5.41, 5.74) is 0.586. The Balaban J connectivity index is 1.78.